The number of nitrogens with zero attached hydrogens (tertiary/aromatic N) is 2. The van der Waals surface area contributed by atoms with E-state index in [1.165, 1.54) is 18.4 Å². The number of aromatic nitrogens is 2. The summed E-state index contributed by atoms with van der Waals surface area (Å²) in [5, 5.41) is 7.56. The van der Waals surface area contributed by atoms with Crippen molar-refractivity contribution >= 4 is 0 Å². The maximum Gasteiger partial charge on any atom is 0.0522 e. The molecule has 0 aromatic carbocycles. The van der Waals surface area contributed by atoms with Crippen LogP contribution >= 0.6 is 0 Å². The van der Waals surface area contributed by atoms with Gasteiger partial charge in [0.1, 0.15) is 0 Å². The Balaban J connectivity index is 1.95. The Bertz CT molecular complexity index is 275. The van der Waals surface area contributed by atoms with Crippen LogP contribution in [0.2, 0.25) is 0 Å². The van der Waals surface area contributed by atoms with Gasteiger partial charge < -0.3 is 5.32 Å². The van der Waals surface area contributed by atoms with E-state index in [0.717, 1.165) is 12.3 Å². The third-order valence-corrected chi connectivity index (χ3v) is 2.78. The Morgan fingerprint density at radius 1 is 1.69 bits per heavy atom. The summed E-state index contributed by atoms with van der Waals surface area (Å²) in [4.78, 5) is 0. The number of aryl methyl sites for hydroxylation is 1. The van der Waals surface area contributed by atoms with Crippen molar-refractivity contribution in [3.63, 3.8) is 0 Å². The fraction of sp³-hybridized carbons (Fsp3) is 0.700. The summed E-state index contributed by atoms with van der Waals surface area (Å²) >= 11 is 0. The van der Waals surface area contributed by atoms with Crippen LogP contribution in [-0.2, 0) is 13.5 Å². The van der Waals surface area contributed by atoms with Crippen LogP contribution in [0.3, 0.4) is 0 Å². The third-order valence-electron chi connectivity index (χ3n) is 2.78. The molecule has 1 atom stereocenters. The van der Waals surface area contributed by atoms with Crippen LogP contribution in [0.15, 0.2) is 12.4 Å². The predicted octanol–water partition coefficient (Wildman–Crippen LogP) is 0.961. The highest BCUT2D eigenvalue weighted by Crippen LogP contribution is 2.33. The van der Waals surface area contributed by atoms with Gasteiger partial charge in [-0.3, -0.25) is 4.68 Å². The van der Waals surface area contributed by atoms with E-state index in [2.05, 4.69) is 23.7 Å². The molecule has 1 fully saturated rings. The first-order chi connectivity index (χ1) is 6.29. The van der Waals surface area contributed by atoms with E-state index >= 15 is 0 Å². The molecule has 0 spiro atoms. The minimum Gasteiger partial charge on any atom is -0.316 e. The Hall–Kier alpha value is -0.830. The molecule has 1 aromatic heterocycles. The molecule has 1 heterocycles. The zero-order valence-corrected chi connectivity index (χ0v) is 8.33. The molecule has 0 saturated heterocycles. The van der Waals surface area contributed by atoms with Crippen molar-refractivity contribution in [2.45, 2.75) is 25.3 Å². The SMILES string of the molecule is CNC(Cc1cnn(C)c1)C1CC1. The van der Waals surface area contributed by atoms with Crippen LogP contribution < -0.4 is 5.32 Å². The van der Waals surface area contributed by atoms with Crippen LogP contribution in [0, 0.1) is 5.92 Å². The first-order valence-corrected chi connectivity index (χ1v) is 4.94. The minimum atomic E-state index is 0.657. The molecule has 1 aromatic rings. The number of hydrogen-bond acceptors (Lipinski definition) is 2. The molecule has 3 nitrogen and oxygen atoms in total. The molecule has 0 bridgehead atoms. The van der Waals surface area contributed by atoms with Gasteiger partial charge in [-0.15, -0.1) is 0 Å². The second kappa shape index (κ2) is 3.50. The highest BCUT2D eigenvalue weighted by Gasteiger charge is 2.30. The molecule has 0 aliphatic heterocycles. The summed E-state index contributed by atoms with van der Waals surface area (Å²) in [5.74, 6) is 0.908. The third kappa shape index (κ3) is 2.10. The summed E-state index contributed by atoms with van der Waals surface area (Å²) in [6, 6.07) is 0.657. The Morgan fingerprint density at radius 3 is 2.92 bits per heavy atom. The first kappa shape index (κ1) is 8.75. The van der Waals surface area contributed by atoms with Crippen LogP contribution in [0.1, 0.15) is 18.4 Å². The van der Waals surface area contributed by atoms with Gasteiger partial charge in [0.25, 0.3) is 0 Å². The topological polar surface area (TPSA) is 29.9 Å². The van der Waals surface area contributed by atoms with Crippen molar-refractivity contribution in [3.05, 3.63) is 18.0 Å². The summed E-state index contributed by atoms with van der Waals surface area (Å²) in [5.41, 5.74) is 1.34. The fourth-order valence-corrected chi connectivity index (χ4v) is 1.83. The van der Waals surface area contributed by atoms with Gasteiger partial charge in [0.15, 0.2) is 0 Å². The van der Waals surface area contributed by atoms with E-state index in [0.29, 0.717) is 6.04 Å². The lowest BCUT2D eigenvalue weighted by molar-refractivity contribution is 0.500. The van der Waals surface area contributed by atoms with E-state index < -0.39 is 0 Å². The molecule has 1 saturated carbocycles. The predicted molar refractivity (Wildman–Crippen MR) is 52.5 cm³/mol. The smallest absolute Gasteiger partial charge is 0.0522 e. The van der Waals surface area contributed by atoms with Gasteiger partial charge in [-0.25, -0.2) is 0 Å². The van der Waals surface area contributed by atoms with Gasteiger partial charge in [-0.2, -0.15) is 5.10 Å². The molecule has 72 valence electrons. The molecule has 0 amide bonds. The molecule has 1 unspecified atom stereocenters. The Labute approximate surface area is 79.1 Å². The normalized spacial score (nSPS) is 18.9. The van der Waals surface area contributed by atoms with Crippen molar-refractivity contribution in [1.29, 1.82) is 0 Å². The molecule has 3 heteroatoms. The largest absolute Gasteiger partial charge is 0.316 e. The van der Waals surface area contributed by atoms with E-state index in [1.54, 1.807) is 0 Å². The second-order valence-electron chi connectivity index (χ2n) is 3.96. The first-order valence-electron chi connectivity index (χ1n) is 4.94. The minimum absolute atomic E-state index is 0.657. The van der Waals surface area contributed by atoms with E-state index in [-0.39, 0.29) is 0 Å². The summed E-state index contributed by atoms with van der Waals surface area (Å²) in [6.07, 6.45) is 7.98. The average molecular weight is 179 g/mol. The monoisotopic (exact) mass is 179 g/mol. The molecule has 1 N–H and O–H groups in total. The van der Waals surface area contributed by atoms with Gasteiger partial charge in [0.05, 0.1) is 6.20 Å². The summed E-state index contributed by atoms with van der Waals surface area (Å²) in [6.45, 7) is 0. The van der Waals surface area contributed by atoms with Gasteiger partial charge in [0, 0.05) is 19.3 Å². The fourth-order valence-electron chi connectivity index (χ4n) is 1.83. The molecular formula is C10H17N3. The van der Waals surface area contributed by atoms with Crippen LogP contribution in [-0.4, -0.2) is 22.9 Å². The lowest BCUT2D eigenvalue weighted by Crippen LogP contribution is -2.29. The van der Waals surface area contributed by atoms with Gasteiger partial charge in [-0.05, 0) is 37.8 Å². The Morgan fingerprint density at radius 2 is 2.46 bits per heavy atom. The van der Waals surface area contributed by atoms with Crippen molar-refractivity contribution in [3.8, 4) is 0 Å². The van der Waals surface area contributed by atoms with Crippen LogP contribution in [0.5, 0.6) is 0 Å². The Kier molecular flexibility index (Phi) is 2.36. The highest BCUT2D eigenvalue weighted by atomic mass is 15.2. The summed E-state index contributed by atoms with van der Waals surface area (Å²) < 4.78 is 1.87. The van der Waals surface area contributed by atoms with E-state index in [4.69, 9.17) is 0 Å². The molecule has 1 aliphatic rings. The number of nitrogens with one attached hydrogen (secondary N) is 1. The average Bonchev–Trinajstić information content (AvgIpc) is 2.87. The molecule has 13 heavy (non-hydrogen) atoms. The second-order valence-corrected chi connectivity index (χ2v) is 3.96. The van der Waals surface area contributed by atoms with Crippen LogP contribution in [0.25, 0.3) is 0 Å². The van der Waals surface area contributed by atoms with Gasteiger partial charge in [-0.1, -0.05) is 0 Å². The number of rotatable bonds is 4. The molecule has 1 aliphatic carbocycles. The lowest BCUT2D eigenvalue weighted by Gasteiger charge is -2.13. The molecule has 0 radical (unpaired) electrons. The van der Waals surface area contributed by atoms with Crippen molar-refractivity contribution in [1.82, 2.24) is 15.1 Å². The number of likely N-dealkylation sites (N-methyl/N-ethyl adjacent to an activating group) is 1. The zero-order valence-electron chi connectivity index (χ0n) is 8.33. The van der Waals surface area contributed by atoms with Gasteiger partial charge in [0.2, 0.25) is 0 Å². The highest BCUT2D eigenvalue weighted by molar-refractivity contribution is 5.07. The van der Waals surface area contributed by atoms with Crippen LogP contribution in [0.4, 0.5) is 0 Å². The number of hydrogen-bond donors (Lipinski definition) is 1. The van der Waals surface area contributed by atoms with E-state index in [1.807, 2.05) is 17.9 Å². The lowest BCUT2D eigenvalue weighted by atomic mass is 10.1. The van der Waals surface area contributed by atoms with Crippen molar-refractivity contribution in [2.24, 2.45) is 13.0 Å². The maximum atomic E-state index is 4.17. The van der Waals surface area contributed by atoms with Crippen molar-refractivity contribution < 1.29 is 0 Å². The summed E-state index contributed by atoms with van der Waals surface area (Å²) in [7, 11) is 4.02. The quantitative estimate of drug-likeness (QED) is 0.746. The maximum absolute atomic E-state index is 4.17. The zero-order chi connectivity index (χ0) is 9.26. The molecule has 2 rings (SSSR count). The van der Waals surface area contributed by atoms with Crippen molar-refractivity contribution in [2.75, 3.05) is 7.05 Å². The standard InChI is InChI=1S/C10H17N3/c1-11-10(9-3-4-9)5-8-6-12-13(2)7-8/h6-7,9-11H,3-5H2,1-2H3. The van der Waals surface area contributed by atoms with Gasteiger partial charge >= 0.3 is 0 Å². The molecular weight excluding hydrogens is 162 g/mol. The van der Waals surface area contributed by atoms with E-state index in [9.17, 15) is 0 Å².